The van der Waals surface area contributed by atoms with Crippen LogP contribution >= 0.6 is 0 Å². The number of likely N-dealkylation sites (tertiary alicyclic amines) is 2. The first kappa shape index (κ1) is 36.5. The molecule has 0 spiro atoms. The molecule has 2 fully saturated rings. The fourth-order valence-corrected chi connectivity index (χ4v) is 6.67. The molecule has 0 bridgehead atoms. The van der Waals surface area contributed by atoms with Crippen molar-refractivity contribution in [3.63, 3.8) is 0 Å². The molecule has 12 heteroatoms. The van der Waals surface area contributed by atoms with E-state index in [1.165, 1.54) is 44.6 Å². The van der Waals surface area contributed by atoms with Crippen molar-refractivity contribution in [1.82, 2.24) is 20.4 Å². The second kappa shape index (κ2) is 18.3. The minimum absolute atomic E-state index is 0.0316. The van der Waals surface area contributed by atoms with Gasteiger partial charge in [-0.15, -0.1) is 0 Å². The molecule has 1 unspecified atom stereocenters. The van der Waals surface area contributed by atoms with Gasteiger partial charge in [0.05, 0.1) is 31.9 Å². The molecule has 3 aliphatic heterocycles. The van der Waals surface area contributed by atoms with Crippen LogP contribution in [0.2, 0.25) is 0 Å². The van der Waals surface area contributed by atoms with Crippen LogP contribution in [-0.4, -0.2) is 124 Å². The van der Waals surface area contributed by atoms with Crippen LogP contribution in [0.5, 0.6) is 5.75 Å². The number of carbonyl (C=O) groups excluding carboxylic acids is 1. The summed E-state index contributed by atoms with van der Waals surface area (Å²) < 4.78 is 20.6. The van der Waals surface area contributed by atoms with Crippen molar-refractivity contribution >= 4 is 5.91 Å². The lowest BCUT2D eigenvalue weighted by atomic mass is 9.91. The van der Waals surface area contributed by atoms with Gasteiger partial charge in [-0.25, -0.2) is 4.39 Å². The number of aliphatic hydroxyl groups is 5. The maximum Gasteiger partial charge on any atom is 0.227 e. The van der Waals surface area contributed by atoms with Crippen molar-refractivity contribution in [3.05, 3.63) is 41.4 Å². The van der Waals surface area contributed by atoms with Gasteiger partial charge in [0.2, 0.25) is 5.91 Å². The molecule has 1 aromatic carbocycles. The Kier molecular flexibility index (Phi) is 14.5. The number of benzene rings is 1. The fraction of sp³-hybridized carbons (Fsp3) is 0.735. The first-order valence-corrected chi connectivity index (χ1v) is 17.1. The van der Waals surface area contributed by atoms with E-state index < -0.39 is 36.8 Å². The van der Waals surface area contributed by atoms with Crippen molar-refractivity contribution < 1.29 is 39.5 Å². The highest BCUT2D eigenvalue weighted by Crippen LogP contribution is 2.27. The summed E-state index contributed by atoms with van der Waals surface area (Å²) in [7, 11) is 0. The van der Waals surface area contributed by atoms with Gasteiger partial charge in [-0.2, -0.15) is 0 Å². The number of hydrogen-bond donors (Lipinski definition) is 7. The van der Waals surface area contributed by atoms with E-state index >= 15 is 0 Å². The van der Waals surface area contributed by atoms with E-state index in [0.717, 1.165) is 25.9 Å². The SMILES string of the molecule is CCCC1=CNC(N2CCC(CCCOc3ccc(CC(=O)N4CC(CNC[C@H](O)[C@@H](O)[C@H](O)[C@H](O)CO)C4)c(F)c3)CC2)CC1. The van der Waals surface area contributed by atoms with Gasteiger partial charge in [0.25, 0.3) is 0 Å². The van der Waals surface area contributed by atoms with Crippen molar-refractivity contribution in [3.8, 4) is 5.75 Å². The zero-order chi connectivity index (χ0) is 33.1. The van der Waals surface area contributed by atoms with Crippen molar-refractivity contribution in [2.24, 2.45) is 11.8 Å². The van der Waals surface area contributed by atoms with Gasteiger partial charge in [-0.3, -0.25) is 9.69 Å². The number of allylic oxidation sites excluding steroid dienone is 1. The van der Waals surface area contributed by atoms with Crippen LogP contribution < -0.4 is 15.4 Å². The third-order valence-electron chi connectivity index (χ3n) is 9.69. The number of halogens is 1. The lowest BCUT2D eigenvalue weighted by Gasteiger charge is -2.39. The van der Waals surface area contributed by atoms with Gasteiger partial charge in [-0.1, -0.05) is 25.0 Å². The zero-order valence-corrected chi connectivity index (χ0v) is 27.2. The highest BCUT2D eigenvalue weighted by molar-refractivity contribution is 5.79. The number of ether oxygens (including phenoxy) is 1. The lowest BCUT2D eigenvalue weighted by molar-refractivity contribution is -0.136. The number of piperidine rings is 1. The van der Waals surface area contributed by atoms with E-state index in [-0.39, 0.29) is 24.8 Å². The molecule has 3 aliphatic rings. The van der Waals surface area contributed by atoms with Gasteiger partial charge in [0.1, 0.15) is 29.9 Å². The maximum atomic E-state index is 14.8. The summed E-state index contributed by atoms with van der Waals surface area (Å²) in [5.41, 5.74) is 1.87. The normalized spacial score (nSPS) is 22.4. The topological polar surface area (TPSA) is 158 Å². The molecule has 46 heavy (non-hydrogen) atoms. The molecular weight excluding hydrogens is 595 g/mol. The van der Waals surface area contributed by atoms with Crippen molar-refractivity contribution in [2.75, 3.05) is 52.5 Å². The zero-order valence-electron chi connectivity index (χ0n) is 27.2. The van der Waals surface area contributed by atoms with Crippen LogP contribution in [0.25, 0.3) is 0 Å². The van der Waals surface area contributed by atoms with E-state index in [4.69, 9.17) is 9.84 Å². The quantitative estimate of drug-likeness (QED) is 0.115. The Morgan fingerprint density at radius 1 is 1.09 bits per heavy atom. The van der Waals surface area contributed by atoms with Crippen LogP contribution in [-0.2, 0) is 11.2 Å². The summed E-state index contributed by atoms with van der Waals surface area (Å²) in [6, 6.07) is 4.70. The Hall–Kier alpha value is -2.32. The minimum Gasteiger partial charge on any atom is -0.493 e. The number of amides is 1. The number of rotatable bonds is 18. The number of nitrogens with one attached hydrogen (secondary N) is 2. The molecule has 3 heterocycles. The predicted octanol–water partition coefficient (Wildman–Crippen LogP) is 1.12. The molecule has 0 radical (unpaired) electrons. The predicted molar refractivity (Wildman–Crippen MR) is 172 cm³/mol. The van der Waals surface area contributed by atoms with Gasteiger partial charge >= 0.3 is 0 Å². The number of hydrogen-bond acceptors (Lipinski definition) is 10. The molecule has 0 aliphatic carbocycles. The smallest absolute Gasteiger partial charge is 0.227 e. The highest BCUT2D eigenvalue weighted by Gasteiger charge is 2.33. The summed E-state index contributed by atoms with van der Waals surface area (Å²) in [6.07, 6.45) is 5.73. The maximum absolute atomic E-state index is 14.8. The first-order chi connectivity index (χ1) is 22.2. The van der Waals surface area contributed by atoms with Gasteiger partial charge in [-0.05, 0) is 68.7 Å². The first-order valence-electron chi connectivity index (χ1n) is 17.1. The van der Waals surface area contributed by atoms with E-state index in [1.807, 2.05) is 0 Å². The lowest BCUT2D eigenvalue weighted by Crippen LogP contribution is -2.55. The Morgan fingerprint density at radius 2 is 1.83 bits per heavy atom. The van der Waals surface area contributed by atoms with Gasteiger partial charge in [0, 0.05) is 51.3 Å². The van der Waals surface area contributed by atoms with E-state index in [1.54, 1.807) is 22.6 Å². The third-order valence-corrected chi connectivity index (χ3v) is 9.69. The molecule has 1 aromatic rings. The van der Waals surface area contributed by atoms with E-state index in [0.29, 0.717) is 49.6 Å². The van der Waals surface area contributed by atoms with Crippen LogP contribution in [0.1, 0.15) is 63.9 Å². The number of nitrogens with zero attached hydrogens (tertiary/aromatic N) is 2. The van der Waals surface area contributed by atoms with Crippen LogP contribution in [0.3, 0.4) is 0 Å². The largest absolute Gasteiger partial charge is 0.493 e. The second-order valence-corrected chi connectivity index (χ2v) is 13.3. The van der Waals surface area contributed by atoms with Gasteiger partial charge in [0.15, 0.2) is 0 Å². The van der Waals surface area contributed by atoms with Gasteiger partial charge < -0.3 is 45.8 Å². The van der Waals surface area contributed by atoms with E-state index in [2.05, 4.69) is 28.7 Å². The molecule has 7 N–H and O–H groups in total. The third kappa shape index (κ3) is 10.6. The Bertz CT molecular complexity index is 1110. The van der Waals surface area contributed by atoms with Crippen LogP contribution in [0, 0.1) is 17.7 Å². The van der Waals surface area contributed by atoms with Crippen LogP contribution in [0.15, 0.2) is 30.0 Å². The molecule has 0 aromatic heterocycles. The van der Waals surface area contributed by atoms with Crippen molar-refractivity contribution in [2.45, 2.75) is 95.3 Å². The molecule has 4 rings (SSSR count). The second-order valence-electron chi connectivity index (χ2n) is 13.3. The van der Waals surface area contributed by atoms with Crippen LogP contribution in [0.4, 0.5) is 4.39 Å². The summed E-state index contributed by atoms with van der Waals surface area (Å²) in [6.45, 7) is 5.72. The minimum atomic E-state index is -1.67. The highest BCUT2D eigenvalue weighted by atomic mass is 19.1. The summed E-state index contributed by atoms with van der Waals surface area (Å²) in [5, 5.41) is 54.4. The molecule has 2 saturated heterocycles. The van der Waals surface area contributed by atoms with Crippen molar-refractivity contribution in [1.29, 1.82) is 0 Å². The van der Waals surface area contributed by atoms with E-state index in [9.17, 15) is 29.6 Å². The summed E-state index contributed by atoms with van der Waals surface area (Å²) in [4.78, 5) is 16.9. The Labute approximate surface area is 272 Å². The number of carbonyl (C=O) groups is 1. The summed E-state index contributed by atoms with van der Waals surface area (Å²) >= 11 is 0. The molecule has 5 atom stereocenters. The molecule has 1 amide bonds. The molecule has 260 valence electrons. The fourth-order valence-electron chi connectivity index (χ4n) is 6.67. The summed E-state index contributed by atoms with van der Waals surface area (Å²) in [5.74, 6) is 0.694. The average molecular weight is 651 g/mol. The Balaban J connectivity index is 1.06. The Morgan fingerprint density at radius 3 is 2.48 bits per heavy atom. The molecule has 0 saturated carbocycles. The molecular formula is C34H55FN4O7. The number of aliphatic hydroxyl groups excluding tert-OH is 5. The monoisotopic (exact) mass is 650 g/mol. The average Bonchev–Trinajstić information content (AvgIpc) is 3.04. The standard InChI is InChI=1S/C34H55FN4O7/c1-2-4-24-6-9-31(37-18-24)38-12-10-23(11-13-38)5-3-14-46-27-8-7-26(28(35)16-27)15-32(43)39-20-25(21-39)17-36-19-29(41)33(44)34(45)30(42)22-40/h7-8,16,18,23,25,29-31,33-34,36-37,40-42,44-45H,2-6,9-15,17,19-22H2,1H3/t29-,30+,31?,33+,34+/m0/s1. The molecule has 11 nitrogen and oxygen atoms in total.